The predicted octanol–water partition coefficient (Wildman–Crippen LogP) is 3.51. The molecule has 0 heterocycles. The Morgan fingerprint density at radius 3 is 1.76 bits per heavy atom. The minimum atomic E-state index is -0.723. The first-order valence-corrected chi connectivity index (χ1v) is 8.00. The third kappa shape index (κ3) is 6.18. The highest BCUT2D eigenvalue weighted by Gasteiger charge is 2.19. The van der Waals surface area contributed by atoms with Crippen molar-refractivity contribution in [3.8, 4) is 0 Å². The Labute approximate surface area is 147 Å². The zero-order chi connectivity index (χ0) is 18.3. The summed E-state index contributed by atoms with van der Waals surface area (Å²) in [7, 11) is 0. The summed E-state index contributed by atoms with van der Waals surface area (Å²) in [5, 5.41) is 2.85. The van der Waals surface area contributed by atoms with E-state index >= 15 is 0 Å². The molecule has 0 aliphatic carbocycles. The van der Waals surface area contributed by atoms with E-state index in [2.05, 4.69) is 16.2 Å². The van der Waals surface area contributed by atoms with E-state index in [0.717, 1.165) is 11.1 Å². The molecule has 6 nitrogen and oxygen atoms in total. The van der Waals surface area contributed by atoms with Crippen LogP contribution < -0.4 is 16.2 Å². The van der Waals surface area contributed by atoms with Crippen molar-refractivity contribution in [3.63, 3.8) is 0 Å². The summed E-state index contributed by atoms with van der Waals surface area (Å²) >= 11 is 0. The molecule has 0 saturated heterocycles. The van der Waals surface area contributed by atoms with Crippen molar-refractivity contribution < 1.29 is 14.3 Å². The molecule has 3 amide bonds. The van der Waals surface area contributed by atoms with Crippen molar-refractivity contribution in [2.75, 3.05) is 0 Å². The smallest absolute Gasteiger partial charge is 0.426 e. The number of carbonyl (C=O) groups excluding carboxylic acids is 2. The van der Waals surface area contributed by atoms with Crippen LogP contribution in [0.1, 0.15) is 37.9 Å². The zero-order valence-electron chi connectivity index (χ0n) is 14.6. The van der Waals surface area contributed by atoms with E-state index in [0.29, 0.717) is 0 Å². The van der Waals surface area contributed by atoms with Crippen LogP contribution in [0.25, 0.3) is 0 Å². The summed E-state index contributed by atoms with van der Waals surface area (Å²) in [5.41, 5.74) is 5.75. The molecule has 0 saturated carbocycles. The van der Waals surface area contributed by atoms with Crippen LogP contribution in [0.4, 0.5) is 9.59 Å². The molecule has 0 spiro atoms. The number of rotatable bonds is 3. The largest absolute Gasteiger partial charge is 0.443 e. The van der Waals surface area contributed by atoms with Crippen LogP contribution in [0.5, 0.6) is 0 Å². The Hall–Kier alpha value is -3.02. The fraction of sp³-hybridized carbons (Fsp3) is 0.263. The second-order valence-corrected chi connectivity index (χ2v) is 6.48. The molecule has 3 N–H and O–H groups in total. The van der Waals surface area contributed by atoms with Crippen LogP contribution in [0.2, 0.25) is 0 Å². The SMILES string of the molecule is CC(C)(C)OC(=O)NNC(=O)NC(c1ccccc1)c1ccccc1. The Balaban J connectivity index is 2.02. The number of urea groups is 1. The monoisotopic (exact) mass is 341 g/mol. The maximum absolute atomic E-state index is 12.2. The average molecular weight is 341 g/mol. The van der Waals surface area contributed by atoms with Gasteiger partial charge in [0.1, 0.15) is 5.60 Å². The number of hydrogen-bond donors (Lipinski definition) is 3. The molecule has 0 aliphatic rings. The molecule has 6 heteroatoms. The number of hydrogen-bond acceptors (Lipinski definition) is 3. The van der Waals surface area contributed by atoms with E-state index in [1.54, 1.807) is 20.8 Å². The Kier molecular flexibility index (Phi) is 6.00. The summed E-state index contributed by atoms with van der Waals surface area (Å²) in [5.74, 6) is 0. The maximum Gasteiger partial charge on any atom is 0.426 e. The van der Waals surface area contributed by atoms with Gasteiger partial charge in [0.15, 0.2) is 0 Å². The van der Waals surface area contributed by atoms with E-state index in [1.807, 2.05) is 60.7 Å². The molecule has 132 valence electrons. The molecule has 0 unspecified atom stereocenters. The quantitative estimate of drug-likeness (QED) is 0.747. The summed E-state index contributed by atoms with van der Waals surface area (Å²) in [6.45, 7) is 5.23. The number of carbonyl (C=O) groups is 2. The van der Waals surface area contributed by atoms with Crippen LogP contribution in [-0.2, 0) is 4.74 Å². The number of nitrogens with one attached hydrogen (secondary N) is 3. The van der Waals surface area contributed by atoms with Gasteiger partial charge in [-0.05, 0) is 31.9 Å². The molecular weight excluding hydrogens is 318 g/mol. The summed E-state index contributed by atoms with van der Waals surface area (Å²) in [6.07, 6.45) is -0.723. The van der Waals surface area contributed by atoms with E-state index < -0.39 is 17.7 Å². The first-order chi connectivity index (χ1) is 11.8. The van der Waals surface area contributed by atoms with Gasteiger partial charge in [0.25, 0.3) is 0 Å². The van der Waals surface area contributed by atoms with Gasteiger partial charge in [-0.2, -0.15) is 0 Å². The number of ether oxygens (including phenoxy) is 1. The molecule has 25 heavy (non-hydrogen) atoms. The molecule has 0 radical (unpaired) electrons. The second-order valence-electron chi connectivity index (χ2n) is 6.48. The number of hydrazine groups is 1. The lowest BCUT2D eigenvalue weighted by molar-refractivity contribution is 0.0504. The molecule has 0 aliphatic heterocycles. The highest BCUT2D eigenvalue weighted by Crippen LogP contribution is 2.21. The third-order valence-corrected chi connectivity index (χ3v) is 3.22. The van der Waals surface area contributed by atoms with Crippen molar-refractivity contribution in [1.82, 2.24) is 16.2 Å². The molecular formula is C19H23N3O3. The molecule has 0 bridgehead atoms. The Bertz CT molecular complexity index is 657. The second kappa shape index (κ2) is 8.19. The Morgan fingerprint density at radius 2 is 1.32 bits per heavy atom. The normalized spacial score (nSPS) is 10.9. The van der Waals surface area contributed by atoms with E-state index in [9.17, 15) is 9.59 Å². The average Bonchev–Trinajstić information content (AvgIpc) is 2.58. The third-order valence-electron chi connectivity index (χ3n) is 3.22. The molecule has 2 aromatic carbocycles. The lowest BCUT2D eigenvalue weighted by Gasteiger charge is -2.22. The summed E-state index contributed by atoms with van der Waals surface area (Å²) in [6, 6.07) is 18.3. The number of benzene rings is 2. The van der Waals surface area contributed by atoms with E-state index in [-0.39, 0.29) is 6.04 Å². The standard InChI is InChI=1S/C19H23N3O3/c1-19(2,3)25-18(24)22-21-17(23)20-16(14-10-6-4-7-11-14)15-12-8-5-9-13-15/h4-13,16H,1-3H3,(H,22,24)(H2,20,21,23). The first kappa shape index (κ1) is 18.3. The Morgan fingerprint density at radius 1 is 0.840 bits per heavy atom. The van der Waals surface area contributed by atoms with Gasteiger partial charge in [-0.1, -0.05) is 60.7 Å². The van der Waals surface area contributed by atoms with Crippen LogP contribution in [-0.4, -0.2) is 17.7 Å². The minimum Gasteiger partial charge on any atom is -0.443 e. The van der Waals surface area contributed by atoms with Crippen LogP contribution >= 0.6 is 0 Å². The van der Waals surface area contributed by atoms with Gasteiger partial charge in [0.2, 0.25) is 0 Å². The molecule has 2 aromatic rings. The molecule has 0 aromatic heterocycles. The van der Waals surface area contributed by atoms with Crippen LogP contribution in [0.3, 0.4) is 0 Å². The zero-order valence-corrected chi connectivity index (χ0v) is 14.6. The lowest BCUT2D eigenvalue weighted by Crippen LogP contribution is -2.49. The first-order valence-electron chi connectivity index (χ1n) is 8.00. The van der Waals surface area contributed by atoms with E-state index in [1.165, 1.54) is 0 Å². The molecule has 0 fully saturated rings. The van der Waals surface area contributed by atoms with Gasteiger partial charge >= 0.3 is 12.1 Å². The number of amides is 3. The minimum absolute atomic E-state index is 0.345. The highest BCUT2D eigenvalue weighted by molar-refractivity contribution is 5.78. The molecule has 0 atom stereocenters. The highest BCUT2D eigenvalue weighted by atomic mass is 16.6. The van der Waals surface area contributed by atoms with Crippen LogP contribution in [0.15, 0.2) is 60.7 Å². The fourth-order valence-electron chi connectivity index (χ4n) is 2.23. The van der Waals surface area contributed by atoms with Crippen molar-refractivity contribution >= 4 is 12.1 Å². The van der Waals surface area contributed by atoms with Gasteiger partial charge in [-0.15, -0.1) is 0 Å². The predicted molar refractivity (Wildman–Crippen MR) is 95.8 cm³/mol. The molecule has 2 rings (SSSR count). The van der Waals surface area contributed by atoms with Gasteiger partial charge in [-0.25, -0.2) is 20.4 Å². The van der Waals surface area contributed by atoms with Gasteiger partial charge < -0.3 is 10.1 Å². The van der Waals surface area contributed by atoms with E-state index in [4.69, 9.17) is 4.74 Å². The topological polar surface area (TPSA) is 79.5 Å². The maximum atomic E-state index is 12.2. The lowest BCUT2D eigenvalue weighted by atomic mass is 9.99. The van der Waals surface area contributed by atoms with Crippen molar-refractivity contribution in [1.29, 1.82) is 0 Å². The summed E-state index contributed by atoms with van der Waals surface area (Å²) in [4.78, 5) is 23.8. The van der Waals surface area contributed by atoms with Crippen molar-refractivity contribution in [2.24, 2.45) is 0 Å². The van der Waals surface area contributed by atoms with Gasteiger partial charge in [-0.3, -0.25) is 0 Å². The van der Waals surface area contributed by atoms with Crippen LogP contribution in [0, 0.1) is 0 Å². The van der Waals surface area contributed by atoms with Crippen molar-refractivity contribution in [3.05, 3.63) is 71.8 Å². The van der Waals surface area contributed by atoms with Gasteiger partial charge in [0, 0.05) is 0 Å². The summed E-state index contributed by atoms with van der Waals surface area (Å²) < 4.78 is 5.07. The van der Waals surface area contributed by atoms with Gasteiger partial charge in [0.05, 0.1) is 6.04 Å². The van der Waals surface area contributed by atoms with Crippen molar-refractivity contribution in [2.45, 2.75) is 32.4 Å². The fourth-order valence-corrected chi connectivity index (χ4v) is 2.23.